The zero-order valence-corrected chi connectivity index (χ0v) is 18.2. The van der Waals surface area contributed by atoms with Gasteiger partial charge in [-0.3, -0.25) is 9.36 Å². The largest absolute Gasteiger partial charge is 0.293 e. The Morgan fingerprint density at radius 1 is 0.933 bits per heavy atom. The summed E-state index contributed by atoms with van der Waals surface area (Å²) in [7, 11) is 0. The molecule has 0 bridgehead atoms. The first-order valence-corrected chi connectivity index (χ1v) is 10.9. The molecular weight excluding hydrogens is 414 g/mol. The number of ketones is 1. The molecule has 4 aromatic rings. The summed E-state index contributed by atoms with van der Waals surface area (Å²) >= 11 is 7.82. The van der Waals surface area contributed by atoms with E-state index in [4.69, 9.17) is 11.6 Å². The highest BCUT2D eigenvalue weighted by molar-refractivity contribution is 7.99. The van der Waals surface area contributed by atoms with E-state index in [1.807, 2.05) is 91.2 Å². The van der Waals surface area contributed by atoms with Gasteiger partial charge in [0.15, 0.2) is 16.8 Å². The van der Waals surface area contributed by atoms with E-state index in [1.165, 1.54) is 11.8 Å². The molecule has 0 spiro atoms. The molecule has 0 aliphatic heterocycles. The van der Waals surface area contributed by atoms with Gasteiger partial charge in [-0.1, -0.05) is 83.5 Å². The van der Waals surface area contributed by atoms with Crippen molar-refractivity contribution in [3.8, 4) is 17.1 Å². The van der Waals surface area contributed by atoms with E-state index in [0.717, 1.165) is 22.4 Å². The Morgan fingerprint density at radius 3 is 2.37 bits per heavy atom. The first kappa shape index (κ1) is 20.4. The number of rotatable bonds is 6. The fraction of sp³-hybridized carbons (Fsp3) is 0.125. The summed E-state index contributed by atoms with van der Waals surface area (Å²) in [4.78, 5) is 12.7. The fourth-order valence-corrected chi connectivity index (χ4v) is 4.22. The summed E-state index contributed by atoms with van der Waals surface area (Å²) in [5.41, 5.74) is 4.66. The summed E-state index contributed by atoms with van der Waals surface area (Å²) in [5, 5.41) is 10.1. The predicted molar refractivity (Wildman–Crippen MR) is 123 cm³/mol. The molecule has 0 fully saturated rings. The fourth-order valence-electron chi connectivity index (χ4n) is 3.16. The molecule has 0 N–H and O–H groups in total. The van der Waals surface area contributed by atoms with Crippen LogP contribution in [-0.4, -0.2) is 26.3 Å². The van der Waals surface area contributed by atoms with Crippen LogP contribution in [0.2, 0.25) is 5.02 Å². The van der Waals surface area contributed by atoms with Crippen molar-refractivity contribution in [1.29, 1.82) is 0 Å². The van der Waals surface area contributed by atoms with E-state index in [9.17, 15) is 4.79 Å². The Balaban J connectivity index is 1.71. The zero-order chi connectivity index (χ0) is 21.1. The van der Waals surface area contributed by atoms with Gasteiger partial charge in [0.1, 0.15) is 0 Å². The number of hydrogen-bond donors (Lipinski definition) is 0. The average Bonchev–Trinajstić information content (AvgIpc) is 3.16. The van der Waals surface area contributed by atoms with Gasteiger partial charge in [0.2, 0.25) is 0 Å². The summed E-state index contributed by atoms with van der Waals surface area (Å²) < 4.78 is 1.98. The maximum Gasteiger partial charge on any atom is 0.196 e. The van der Waals surface area contributed by atoms with E-state index in [0.29, 0.717) is 21.6 Å². The molecule has 4 rings (SSSR count). The molecule has 0 saturated carbocycles. The van der Waals surface area contributed by atoms with Crippen molar-refractivity contribution in [1.82, 2.24) is 14.8 Å². The van der Waals surface area contributed by atoms with Crippen LogP contribution in [-0.2, 0) is 0 Å². The van der Waals surface area contributed by atoms with Crippen molar-refractivity contribution in [2.24, 2.45) is 0 Å². The van der Waals surface area contributed by atoms with Gasteiger partial charge in [-0.05, 0) is 37.6 Å². The number of aromatic nitrogens is 3. The second-order valence-corrected chi connectivity index (χ2v) is 8.34. The lowest BCUT2D eigenvalue weighted by Crippen LogP contribution is -2.06. The Morgan fingerprint density at radius 2 is 1.63 bits per heavy atom. The molecule has 4 nitrogen and oxygen atoms in total. The van der Waals surface area contributed by atoms with Crippen LogP contribution in [0.1, 0.15) is 21.5 Å². The summed E-state index contributed by atoms with van der Waals surface area (Å²) in [6.07, 6.45) is 0. The minimum absolute atomic E-state index is 0.0543. The number of nitrogens with zero attached hydrogens (tertiary/aromatic N) is 3. The topological polar surface area (TPSA) is 47.8 Å². The smallest absolute Gasteiger partial charge is 0.196 e. The second kappa shape index (κ2) is 8.86. The van der Waals surface area contributed by atoms with Crippen LogP contribution in [0, 0.1) is 13.8 Å². The molecule has 0 unspecified atom stereocenters. The Hall–Kier alpha value is -2.89. The lowest BCUT2D eigenvalue weighted by atomic mass is 10.1. The number of para-hydroxylation sites is 1. The van der Waals surface area contributed by atoms with Gasteiger partial charge < -0.3 is 0 Å². The first-order chi connectivity index (χ1) is 14.5. The van der Waals surface area contributed by atoms with Crippen molar-refractivity contribution in [3.63, 3.8) is 0 Å². The molecule has 3 aromatic carbocycles. The highest BCUT2D eigenvalue weighted by Gasteiger charge is 2.20. The zero-order valence-electron chi connectivity index (χ0n) is 16.7. The van der Waals surface area contributed by atoms with Crippen molar-refractivity contribution in [2.45, 2.75) is 19.0 Å². The average molecular weight is 434 g/mol. The minimum Gasteiger partial charge on any atom is -0.293 e. The van der Waals surface area contributed by atoms with Gasteiger partial charge in [0, 0.05) is 11.1 Å². The van der Waals surface area contributed by atoms with Gasteiger partial charge >= 0.3 is 0 Å². The number of hydrogen-bond acceptors (Lipinski definition) is 4. The quantitative estimate of drug-likeness (QED) is 0.269. The first-order valence-electron chi connectivity index (χ1n) is 9.53. The van der Waals surface area contributed by atoms with Gasteiger partial charge in [-0.15, -0.1) is 10.2 Å². The van der Waals surface area contributed by atoms with E-state index in [-0.39, 0.29) is 11.5 Å². The second-order valence-electron chi connectivity index (χ2n) is 6.99. The third-order valence-corrected chi connectivity index (χ3v) is 6.07. The number of carbonyl (C=O) groups is 1. The molecule has 1 heterocycles. The molecule has 0 amide bonds. The van der Waals surface area contributed by atoms with Crippen molar-refractivity contribution >= 4 is 29.1 Å². The van der Waals surface area contributed by atoms with Crippen LogP contribution in [0.25, 0.3) is 17.1 Å². The van der Waals surface area contributed by atoms with E-state index < -0.39 is 0 Å². The maximum atomic E-state index is 12.7. The summed E-state index contributed by atoms with van der Waals surface area (Å²) in [5.74, 6) is 0.981. The molecule has 6 heteroatoms. The molecular formula is C24H20ClN3OS. The molecule has 0 radical (unpaired) electrons. The SMILES string of the molecule is Cc1ccc(C(=O)CSc2nnc(-c3ccccc3Cl)n2-c2ccccc2C)cc1. The maximum absolute atomic E-state index is 12.7. The standard InChI is InChI=1S/C24H20ClN3OS/c1-16-11-13-18(14-12-16)22(29)15-30-24-27-26-23(19-8-4-5-9-20(19)25)28(24)21-10-6-3-7-17(21)2/h3-14H,15H2,1-2H3. The monoisotopic (exact) mass is 433 g/mol. The minimum atomic E-state index is 0.0543. The summed E-state index contributed by atoms with van der Waals surface area (Å²) in [6.45, 7) is 4.04. The van der Waals surface area contributed by atoms with Crippen LogP contribution >= 0.6 is 23.4 Å². The van der Waals surface area contributed by atoms with Crippen molar-refractivity contribution < 1.29 is 4.79 Å². The molecule has 1 aromatic heterocycles. The third kappa shape index (κ3) is 4.18. The number of aryl methyl sites for hydroxylation is 2. The van der Waals surface area contributed by atoms with E-state index in [2.05, 4.69) is 10.2 Å². The van der Waals surface area contributed by atoms with Crippen LogP contribution < -0.4 is 0 Å². The molecule has 0 saturated heterocycles. The van der Waals surface area contributed by atoms with Crippen molar-refractivity contribution in [2.75, 3.05) is 5.75 Å². The number of benzene rings is 3. The Labute approximate surface area is 184 Å². The van der Waals surface area contributed by atoms with Gasteiger partial charge in [-0.25, -0.2) is 0 Å². The number of carbonyl (C=O) groups excluding carboxylic acids is 1. The van der Waals surface area contributed by atoms with Crippen LogP contribution in [0.4, 0.5) is 0 Å². The van der Waals surface area contributed by atoms with Gasteiger partial charge in [0.05, 0.1) is 16.5 Å². The number of halogens is 1. The Kier molecular flexibility index (Phi) is 6.02. The molecule has 0 atom stereocenters. The van der Waals surface area contributed by atoms with Gasteiger partial charge in [-0.2, -0.15) is 0 Å². The molecule has 0 aliphatic rings. The van der Waals surface area contributed by atoms with Gasteiger partial charge in [0.25, 0.3) is 0 Å². The van der Waals surface area contributed by atoms with Crippen molar-refractivity contribution in [3.05, 3.63) is 94.5 Å². The third-order valence-electron chi connectivity index (χ3n) is 4.81. The van der Waals surface area contributed by atoms with E-state index >= 15 is 0 Å². The molecule has 30 heavy (non-hydrogen) atoms. The Bertz CT molecular complexity index is 1200. The number of Topliss-reactive ketones (excluding diaryl/α,β-unsaturated/α-hetero) is 1. The number of thioether (sulfide) groups is 1. The van der Waals surface area contributed by atoms with Crippen LogP contribution in [0.3, 0.4) is 0 Å². The normalized spacial score (nSPS) is 10.9. The lowest BCUT2D eigenvalue weighted by Gasteiger charge is -2.13. The van der Waals surface area contributed by atoms with Crippen LogP contribution in [0.15, 0.2) is 78.0 Å². The highest BCUT2D eigenvalue weighted by atomic mass is 35.5. The highest BCUT2D eigenvalue weighted by Crippen LogP contribution is 2.33. The van der Waals surface area contributed by atoms with E-state index in [1.54, 1.807) is 0 Å². The molecule has 0 aliphatic carbocycles. The summed E-state index contributed by atoms with van der Waals surface area (Å²) in [6, 6.07) is 23.2. The van der Waals surface area contributed by atoms with Crippen LogP contribution in [0.5, 0.6) is 0 Å². The lowest BCUT2D eigenvalue weighted by molar-refractivity contribution is 0.102. The molecule has 150 valence electrons. The predicted octanol–water partition coefficient (Wildman–Crippen LogP) is 6.18.